The first-order valence-electron chi connectivity index (χ1n) is 14.1. The Kier molecular flexibility index (Phi) is 12.4. The second kappa shape index (κ2) is 16.4. The van der Waals surface area contributed by atoms with E-state index >= 15 is 0 Å². The van der Waals surface area contributed by atoms with Crippen LogP contribution in [-0.2, 0) is 43.2 Å². The Hall–Kier alpha value is -5.43. The average molecular weight is 620 g/mol. The van der Waals surface area contributed by atoms with Crippen molar-refractivity contribution in [3.05, 3.63) is 89.5 Å². The van der Waals surface area contributed by atoms with E-state index < -0.39 is 41.8 Å². The summed E-state index contributed by atoms with van der Waals surface area (Å²) in [5.41, 5.74) is 6.32. The first-order chi connectivity index (χ1) is 21.4. The molecule has 0 aliphatic heterocycles. The smallest absolute Gasteiger partial charge is 0.261 e. The molecule has 0 unspecified atom stereocenters. The standard InChI is InChI=1S/C32H37N5O8/c1-19(38)18-33-27(15-21-3-9-24(40)10-4-21)30(43)34-28(16-22-5-11-25(41)12-6-22)31(44)35-29(32(45)37-36-20(2)39)17-23-7-13-26(42)14-8-23/h3-14,27-29,33,40-42H,15-18H2,1-2H3,(H,34,43)(H,35,44)(H,36,39)(H,37,45)/t27-,28-,29-/m0/s1. The number of rotatable bonds is 14. The van der Waals surface area contributed by atoms with Crippen LogP contribution in [0.25, 0.3) is 0 Å². The van der Waals surface area contributed by atoms with Crippen molar-refractivity contribution in [2.45, 2.75) is 51.2 Å². The molecule has 3 atom stereocenters. The van der Waals surface area contributed by atoms with Crippen molar-refractivity contribution in [3.8, 4) is 17.2 Å². The molecule has 13 heteroatoms. The van der Waals surface area contributed by atoms with Crippen molar-refractivity contribution in [1.82, 2.24) is 26.8 Å². The van der Waals surface area contributed by atoms with Gasteiger partial charge in [0.25, 0.3) is 5.91 Å². The van der Waals surface area contributed by atoms with E-state index in [4.69, 9.17) is 0 Å². The highest BCUT2D eigenvalue weighted by atomic mass is 16.3. The highest BCUT2D eigenvalue weighted by Gasteiger charge is 2.30. The maximum atomic E-state index is 13.7. The zero-order valence-corrected chi connectivity index (χ0v) is 24.9. The van der Waals surface area contributed by atoms with Crippen LogP contribution in [0.1, 0.15) is 30.5 Å². The fourth-order valence-corrected chi connectivity index (χ4v) is 4.33. The Balaban J connectivity index is 1.87. The Morgan fingerprint density at radius 3 is 1.27 bits per heavy atom. The number of nitrogens with one attached hydrogen (secondary N) is 5. The quantitative estimate of drug-likeness (QED) is 0.118. The third kappa shape index (κ3) is 11.6. The highest BCUT2D eigenvalue weighted by Crippen LogP contribution is 2.15. The maximum Gasteiger partial charge on any atom is 0.261 e. The summed E-state index contributed by atoms with van der Waals surface area (Å²) in [6, 6.07) is 14.9. The Labute approximate surface area is 260 Å². The molecule has 13 nitrogen and oxygen atoms in total. The highest BCUT2D eigenvalue weighted by molar-refractivity contribution is 5.94. The summed E-state index contributed by atoms with van der Waals surface area (Å²) < 4.78 is 0. The van der Waals surface area contributed by atoms with Crippen molar-refractivity contribution in [1.29, 1.82) is 0 Å². The molecule has 4 amide bonds. The molecule has 3 aromatic rings. The van der Waals surface area contributed by atoms with Gasteiger partial charge in [-0.1, -0.05) is 36.4 Å². The Morgan fingerprint density at radius 2 is 0.889 bits per heavy atom. The van der Waals surface area contributed by atoms with Gasteiger partial charge in [-0.25, -0.2) is 0 Å². The molecule has 0 saturated heterocycles. The third-order valence-corrected chi connectivity index (χ3v) is 6.67. The predicted molar refractivity (Wildman–Crippen MR) is 164 cm³/mol. The van der Waals surface area contributed by atoms with E-state index in [1.807, 2.05) is 0 Å². The molecule has 0 aliphatic carbocycles. The van der Waals surface area contributed by atoms with E-state index in [1.54, 1.807) is 36.4 Å². The number of ketones is 1. The largest absolute Gasteiger partial charge is 0.508 e. The van der Waals surface area contributed by atoms with Gasteiger partial charge in [0.15, 0.2) is 0 Å². The van der Waals surface area contributed by atoms with Crippen molar-refractivity contribution in [2.24, 2.45) is 0 Å². The minimum Gasteiger partial charge on any atom is -0.508 e. The molecular weight excluding hydrogens is 582 g/mol. The summed E-state index contributed by atoms with van der Waals surface area (Å²) in [4.78, 5) is 63.5. The molecule has 8 N–H and O–H groups in total. The monoisotopic (exact) mass is 619 g/mol. The van der Waals surface area contributed by atoms with Gasteiger partial charge in [0.05, 0.1) is 12.6 Å². The summed E-state index contributed by atoms with van der Waals surface area (Å²) in [6.45, 7) is 2.46. The van der Waals surface area contributed by atoms with E-state index in [9.17, 15) is 39.3 Å². The summed E-state index contributed by atoms with van der Waals surface area (Å²) in [6.07, 6.45) is 0.103. The van der Waals surface area contributed by atoms with E-state index in [0.29, 0.717) is 16.7 Å². The predicted octanol–water partition coefficient (Wildman–Crippen LogP) is 0.515. The molecular formula is C32H37N5O8. The van der Waals surface area contributed by atoms with Gasteiger partial charge in [-0.3, -0.25) is 40.1 Å². The third-order valence-electron chi connectivity index (χ3n) is 6.67. The summed E-state index contributed by atoms with van der Waals surface area (Å²) in [7, 11) is 0. The van der Waals surface area contributed by atoms with Crippen LogP contribution in [0.4, 0.5) is 0 Å². The van der Waals surface area contributed by atoms with Gasteiger partial charge in [0.2, 0.25) is 17.7 Å². The second-order valence-electron chi connectivity index (χ2n) is 10.5. The van der Waals surface area contributed by atoms with Gasteiger partial charge in [-0.2, -0.15) is 0 Å². The first-order valence-corrected chi connectivity index (χ1v) is 14.1. The van der Waals surface area contributed by atoms with Crippen molar-refractivity contribution in [3.63, 3.8) is 0 Å². The lowest BCUT2D eigenvalue weighted by molar-refractivity contribution is -0.133. The average Bonchev–Trinajstić information content (AvgIpc) is 3.00. The van der Waals surface area contributed by atoms with Gasteiger partial charge in [-0.15, -0.1) is 0 Å². The molecule has 0 saturated carbocycles. The lowest BCUT2D eigenvalue weighted by atomic mass is 10.0. The number of carbonyl (C=O) groups excluding carboxylic acids is 5. The van der Waals surface area contributed by atoms with Crippen molar-refractivity contribution < 1.29 is 39.3 Å². The van der Waals surface area contributed by atoms with Crippen LogP contribution < -0.4 is 26.8 Å². The topological polar surface area (TPSA) is 206 Å². The summed E-state index contributed by atoms with van der Waals surface area (Å²) in [5.74, 6) is -2.71. The number of benzene rings is 3. The second-order valence-corrected chi connectivity index (χ2v) is 10.5. The molecule has 0 spiro atoms. The summed E-state index contributed by atoms with van der Waals surface area (Å²) in [5, 5.41) is 37.3. The molecule has 3 aromatic carbocycles. The van der Waals surface area contributed by atoms with Gasteiger partial charge >= 0.3 is 0 Å². The fourth-order valence-electron chi connectivity index (χ4n) is 4.33. The molecule has 3 rings (SSSR count). The Bertz CT molecular complexity index is 1480. The Morgan fingerprint density at radius 1 is 0.533 bits per heavy atom. The van der Waals surface area contributed by atoms with Crippen LogP contribution in [0.3, 0.4) is 0 Å². The molecule has 0 radical (unpaired) electrons. The number of phenolic OH excluding ortho intramolecular Hbond substituents is 3. The molecule has 45 heavy (non-hydrogen) atoms. The maximum absolute atomic E-state index is 13.7. The van der Waals surface area contributed by atoms with Crippen LogP contribution in [-0.4, -0.2) is 69.4 Å². The SMILES string of the molecule is CC(=O)CN[C@@H](Cc1ccc(O)cc1)C(=O)N[C@@H](Cc1ccc(O)cc1)C(=O)N[C@@H](Cc1ccc(O)cc1)C(=O)NNC(C)=O. The van der Waals surface area contributed by atoms with Crippen LogP contribution in [0.5, 0.6) is 17.2 Å². The van der Waals surface area contributed by atoms with Crippen LogP contribution in [0.15, 0.2) is 72.8 Å². The number of amides is 4. The van der Waals surface area contributed by atoms with Gasteiger partial charge in [0, 0.05) is 19.8 Å². The van der Waals surface area contributed by atoms with Gasteiger partial charge in [0.1, 0.15) is 35.1 Å². The molecule has 0 aromatic heterocycles. The van der Waals surface area contributed by atoms with Crippen LogP contribution >= 0.6 is 0 Å². The first kappa shape index (κ1) is 34.1. The zero-order chi connectivity index (χ0) is 32.9. The number of hydrazine groups is 1. The van der Waals surface area contributed by atoms with Gasteiger partial charge in [-0.05, 0) is 66.4 Å². The van der Waals surface area contributed by atoms with Crippen molar-refractivity contribution in [2.75, 3.05) is 6.54 Å². The number of hydrogen-bond acceptors (Lipinski definition) is 9. The van der Waals surface area contributed by atoms with Crippen LogP contribution in [0, 0.1) is 0 Å². The van der Waals surface area contributed by atoms with Crippen molar-refractivity contribution >= 4 is 29.4 Å². The fraction of sp³-hybridized carbons (Fsp3) is 0.281. The lowest BCUT2D eigenvalue weighted by Gasteiger charge is -2.26. The van der Waals surface area contributed by atoms with E-state index in [-0.39, 0.29) is 48.8 Å². The number of phenols is 3. The van der Waals surface area contributed by atoms with E-state index in [0.717, 1.165) is 0 Å². The molecule has 238 valence electrons. The van der Waals surface area contributed by atoms with Gasteiger partial charge < -0.3 is 26.0 Å². The minimum absolute atomic E-state index is 0.00906. The zero-order valence-electron chi connectivity index (χ0n) is 24.9. The van der Waals surface area contributed by atoms with Crippen LogP contribution in [0.2, 0.25) is 0 Å². The number of carbonyl (C=O) groups is 5. The number of hydrogen-bond donors (Lipinski definition) is 8. The molecule has 0 bridgehead atoms. The molecule has 0 heterocycles. The molecule has 0 fully saturated rings. The molecule has 0 aliphatic rings. The summed E-state index contributed by atoms with van der Waals surface area (Å²) >= 11 is 0. The normalized spacial score (nSPS) is 12.7. The lowest BCUT2D eigenvalue weighted by Crippen LogP contribution is -2.59. The van der Waals surface area contributed by atoms with E-state index in [2.05, 4.69) is 26.8 Å². The minimum atomic E-state index is -1.21. The van der Waals surface area contributed by atoms with E-state index in [1.165, 1.54) is 50.2 Å². The number of Topliss-reactive ketones (excluding diaryl/α,β-unsaturated/α-hetero) is 1. The number of aromatic hydroxyl groups is 3.